The maximum atomic E-state index is 12.9. The van der Waals surface area contributed by atoms with Crippen molar-refractivity contribution in [2.45, 2.75) is 36.9 Å². The highest BCUT2D eigenvalue weighted by Crippen LogP contribution is 2.43. The fraction of sp³-hybridized carbons (Fsp3) is 0.370. The van der Waals surface area contributed by atoms with Gasteiger partial charge in [-0.3, -0.25) is 19.3 Å². The van der Waals surface area contributed by atoms with Crippen molar-refractivity contribution in [3.8, 4) is 0 Å². The summed E-state index contributed by atoms with van der Waals surface area (Å²) in [7, 11) is 0. The van der Waals surface area contributed by atoms with Crippen molar-refractivity contribution in [1.29, 1.82) is 0 Å². The number of esters is 2. The number of carbonyl (C=O) groups excluding carboxylic acids is 5. The summed E-state index contributed by atoms with van der Waals surface area (Å²) < 4.78 is 10.1. The minimum Gasteiger partial charge on any atom is -0.462 e. The van der Waals surface area contributed by atoms with E-state index in [0.717, 1.165) is 4.90 Å². The van der Waals surface area contributed by atoms with Gasteiger partial charge < -0.3 is 14.8 Å². The molecule has 1 N–H and O–H groups in total. The molecule has 3 amide bonds. The number of halogens is 2. The molecule has 1 heterocycles. The van der Waals surface area contributed by atoms with Crippen LogP contribution in [-0.4, -0.2) is 53.6 Å². The van der Waals surface area contributed by atoms with Crippen molar-refractivity contribution in [3.63, 3.8) is 0 Å². The van der Waals surface area contributed by atoms with Gasteiger partial charge in [0.15, 0.2) is 6.61 Å². The van der Waals surface area contributed by atoms with Crippen molar-refractivity contribution in [3.05, 3.63) is 59.7 Å². The Morgan fingerprint density at radius 2 is 1.34 bits per heavy atom. The molecule has 4 atom stereocenters. The van der Waals surface area contributed by atoms with E-state index in [0.29, 0.717) is 42.8 Å². The van der Waals surface area contributed by atoms with Crippen LogP contribution in [0.3, 0.4) is 0 Å². The molecule has 200 valence electrons. The quantitative estimate of drug-likeness (QED) is 0.292. The molecule has 1 aliphatic heterocycles. The summed E-state index contributed by atoms with van der Waals surface area (Å²) in [5.41, 5.74) is 1.26. The number of hydrogen-bond donors (Lipinski definition) is 1. The van der Waals surface area contributed by atoms with E-state index in [1.54, 1.807) is 12.1 Å². The summed E-state index contributed by atoms with van der Waals surface area (Å²) in [4.78, 5) is 63.4. The Kier molecular flexibility index (Phi) is 8.69. The summed E-state index contributed by atoms with van der Waals surface area (Å²) in [5.74, 6) is -3.43. The van der Waals surface area contributed by atoms with Gasteiger partial charge in [-0.2, -0.15) is 0 Å². The van der Waals surface area contributed by atoms with E-state index in [1.165, 1.54) is 36.4 Å². The van der Waals surface area contributed by atoms with Crippen LogP contribution in [0.1, 0.15) is 46.9 Å². The first-order chi connectivity index (χ1) is 18.2. The zero-order valence-electron chi connectivity index (χ0n) is 20.5. The van der Waals surface area contributed by atoms with E-state index in [4.69, 9.17) is 32.7 Å². The number of anilines is 2. The van der Waals surface area contributed by atoms with Gasteiger partial charge in [-0.25, -0.2) is 9.59 Å². The highest BCUT2D eigenvalue weighted by atomic mass is 35.5. The predicted molar refractivity (Wildman–Crippen MR) is 140 cm³/mol. The third kappa shape index (κ3) is 6.00. The van der Waals surface area contributed by atoms with E-state index in [9.17, 15) is 24.0 Å². The van der Waals surface area contributed by atoms with Crippen molar-refractivity contribution in [1.82, 2.24) is 0 Å². The van der Waals surface area contributed by atoms with Crippen LogP contribution in [0.5, 0.6) is 0 Å². The Morgan fingerprint density at radius 3 is 1.87 bits per heavy atom. The number of rotatable bonds is 8. The van der Waals surface area contributed by atoms with Gasteiger partial charge in [0.25, 0.3) is 5.91 Å². The van der Waals surface area contributed by atoms with Crippen LogP contribution in [0, 0.1) is 11.8 Å². The molecule has 0 aromatic heterocycles. The Morgan fingerprint density at radius 1 is 0.842 bits per heavy atom. The van der Waals surface area contributed by atoms with Gasteiger partial charge in [0.05, 0.1) is 46.0 Å². The molecular weight excluding hydrogens is 535 g/mol. The van der Waals surface area contributed by atoms with E-state index < -0.39 is 36.3 Å². The smallest absolute Gasteiger partial charge is 0.338 e. The van der Waals surface area contributed by atoms with E-state index >= 15 is 0 Å². The first kappa shape index (κ1) is 27.6. The monoisotopic (exact) mass is 560 g/mol. The largest absolute Gasteiger partial charge is 0.462 e. The zero-order chi connectivity index (χ0) is 27.4. The molecule has 2 fully saturated rings. The van der Waals surface area contributed by atoms with Crippen LogP contribution in [-0.2, 0) is 23.9 Å². The van der Waals surface area contributed by atoms with Gasteiger partial charge in [-0.1, -0.05) is 6.92 Å². The second kappa shape index (κ2) is 12.0. The highest BCUT2D eigenvalue weighted by molar-refractivity contribution is 6.31. The van der Waals surface area contributed by atoms with Crippen molar-refractivity contribution in [2.75, 3.05) is 23.4 Å². The minimum absolute atomic E-state index is 0.148. The molecule has 2 aromatic rings. The molecule has 4 rings (SSSR count). The Bertz CT molecular complexity index is 1200. The third-order valence-electron chi connectivity index (χ3n) is 6.45. The van der Waals surface area contributed by atoms with E-state index in [1.807, 2.05) is 6.92 Å². The number of nitrogens with zero attached hydrogens (tertiary/aromatic N) is 1. The molecule has 1 aliphatic carbocycles. The first-order valence-corrected chi connectivity index (χ1v) is 13.1. The Balaban J connectivity index is 1.30. The number of fused-ring (bicyclic) bond motifs is 1. The summed E-state index contributed by atoms with van der Waals surface area (Å²) >= 11 is 12.4. The number of hydrogen-bond acceptors (Lipinski definition) is 7. The molecular formula is C27H26Cl2N2O7. The van der Waals surface area contributed by atoms with E-state index in [-0.39, 0.29) is 28.1 Å². The number of amides is 3. The van der Waals surface area contributed by atoms with Crippen LogP contribution >= 0.6 is 23.2 Å². The van der Waals surface area contributed by atoms with Crippen LogP contribution in [0.2, 0.25) is 0 Å². The second-order valence-electron chi connectivity index (χ2n) is 9.11. The van der Waals surface area contributed by atoms with Crippen molar-refractivity contribution in [2.24, 2.45) is 11.8 Å². The Labute approximate surface area is 229 Å². The minimum atomic E-state index is -0.747. The fourth-order valence-electron chi connectivity index (χ4n) is 4.48. The topological polar surface area (TPSA) is 119 Å². The van der Waals surface area contributed by atoms with Gasteiger partial charge in [0.2, 0.25) is 11.8 Å². The summed E-state index contributed by atoms with van der Waals surface area (Å²) in [6.45, 7) is 1.68. The molecule has 38 heavy (non-hydrogen) atoms. The molecule has 9 nitrogen and oxygen atoms in total. The van der Waals surface area contributed by atoms with Crippen LogP contribution in [0.4, 0.5) is 11.4 Å². The molecule has 2 aliphatic rings. The number of imide groups is 1. The predicted octanol–water partition coefficient (Wildman–Crippen LogP) is 4.16. The Hall–Kier alpha value is -3.43. The molecule has 0 spiro atoms. The average molecular weight is 561 g/mol. The number of carbonyl (C=O) groups is 5. The van der Waals surface area contributed by atoms with Gasteiger partial charge >= 0.3 is 11.9 Å². The lowest BCUT2D eigenvalue weighted by Crippen LogP contribution is -2.34. The van der Waals surface area contributed by atoms with Crippen LogP contribution in [0.25, 0.3) is 0 Å². The van der Waals surface area contributed by atoms with Crippen LogP contribution in [0.15, 0.2) is 48.5 Å². The SMILES string of the molecule is CCCOC(=O)c1ccc(NC(=O)COC(=O)c2ccc(N3C(=O)[C@H]4C[C@H](Cl)[C@@H](Cl)C[C@H]4C3=O)cc2)cc1. The highest BCUT2D eigenvalue weighted by Gasteiger charge is 2.52. The maximum Gasteiger partial charge on any atom is 0.338 e. The molecule has 0 unspecified atom stereocenters. The van der Waals surface area contributed by atoms with Gasteiger partial charge in [0, 0.05) is 5.69 Å². The van der Waals surface area contributed by atoms with Gasteiger partial charge in [-0.05, 0) is 67.8 Å². The lowest BCUT2D eigenvalue weighted by molar-refractivity contribution is -0.122. The first-order valence-electron chi connectivity index (χ1n) is 12.2. The lowest BCUT2D eigenvalue weighted by atomic mass is 9.80. The number of benzene rings is 2. The zero-order valence-corrected chi connectivity index (χ0v) is 22.0. The molecule has 2 aromatic carbocycles. The number of nitrogens with one attached hydrogen (secondary N) is 1. The normalized spacial score (nSPS) is 22.6. The summed E-state index contributed by atoms with van der Waals surface area (Å²) in [6.07, 6.45) is 1.39. The summed E-state index contributed by atoms with van der Waals surface area (Å²) in [6, 6.07) is 11.9. The number of alkyl halides is 2. The van der Waals surface area contributed by atoms with Gasteiger partial charge in [-0.15, -0.1) is 23.2 Å². The summed E-state index contributed by atoms with van der Waals surface area (Å²) in [5, 5.41) is 1.82. The number of ether oxygens (including phenoxy) is 2. The molecule has 0 radical (unpaired) electrons. The van der Waals surface area contributed by atoms with E-state index in [2.05, 4.69) is 5.32 Å². The van der Waals surface area contributed by atoms with Gasteiger partial charge in [0.1, 0.15) is 0 Å². The standard InChI is InChI=1S/C27H26Cl2N2O7/c1-2-11-37-26(35)15-3-7-17(8-4-15)30-23(32)14-38-27(36)16-5-9-18(10-6-16)31-24(33)19-12-21(28)22(29)13-20(19)25(31)34/h3-10,19-22H,2,11-14H2,1H3,(H,30,32)/t19-,20+,21-,22-/m0/s1. The molecule has 0 bridgehead atoms. The van der Waals surface area contributed by atoms with Crippen molar-refractivity contribution >= 4 is 64.2 Å². The average Bonchev–Trinajstić information content (AvgIpc) is 3.15. The van der Waals surface area contributed by atoms with Crippen molar-refractivity contribution < 1.29 is 33.4 Å². The maximum absolute atomic E-state index is 12.9. The fourth-order valence-corrected chi connectivity index (χ4v) is 5.07. The molecule has 11 heteroatoms. The third-order valence-corrected chi connectivity index (χ3v) is 7.54. The second-order valence-corrected chi connectivity index (χ2v) is 10.2. The lowest BCUT2D eigenvalue weighted by Gasteiger charge is -2.28. The van der Waals surface area contributed by atoms with Crippen LogP contribution < -0.4 is 10.2 Å². The molecule has 1 saturated heterocycles. The molecule has 1 saturated carbocycles.